The van der Waals surface area contributed by atoms with E-state index < -0.39 is 12.0 Å². The molecule has 0 amide bonds. The number of ether oxygens (including phenoxy) is 1. The van der Waals surface area contributed by atoms with Crippen LogP contribution in [0, 0.1) is 6.92 Å². The zero-order valence-electron chi connectivity index (χ0n) is 15.6. The number of carbonyl (C=O) groups is 1. The quantitative estimate of drug-likeness (QED) is 0.639. The van der Waals surface area contributed by atoms with Crippen LogP contribution in [0.3, 0.4) is 0 Å². The van der Waals surface area contributed by atoms with Gasteiger partial charge in [-0.1, -0.05) is 41.7 Å². The van der Waals surface area contributed by atoms with Crippen LogP contribution in [-0.2, 0) is 9.53 Å². The third-order valence-corrected chi connectivity index (χ3v) is 5.56. The third-order valence-electron chi connectivity index (χ3n) is 4.58. The topological polar surface area (TPSA) is 73.8 Å². The van der Waals surface area contributed by atoms with E-state index in [1.165, 1.54) is 18.4 Å². The lowest BCUT2D eigenvalue weighted by Gasteiger charge is -2.24. The molecule has 0 bridgehead atoms. The number of fused-ring (bicyclic) bond motifs is 1. The number of thiazole rings is 1. The lowest BCUT2D eigenvalue weighted by molar-refractivity contribution is -0.136. The molecular formula is C21H18N2O4S. The van der Waals surface area contributed by atoms with Gasteiger partial charge < -0.3 is 9.15 Å². The number of aromatic nitrogens is 1. The van der Waals surface area contributed by atoms with Crippen molar-refractivity contribution in [2.24, 2.45) is 4.99 Å². The van der Waals surface area contributed by atoms with Crippen LogP contribution in [0.4, 0.5) is 0 Å². The first-order chi connectivity index (χ1) is 13.5. The van der Waals surface area contributed by atoms with Gasteiger partial charge >= 0.3 is 5.97 Å². The molecule has 28 heavy (non-hydrogen) atoms. The molecule has 3 heterocycles. The number of methoxy groups -OCH3 is 1. The molecule has 2 aromatic heterocycles. The molecule has 0 fully saturated rings. The van der Waals surface area contributed by atoms with Gasteiger partial charge in [-0.15, -0.1) is 0 Å². The summed E-state index contributed by atoms with van der Waals surface area (Å²) in [5.74, 6) is 0.874. The number of hydrogen-bond donors (Lipinski definition) is 0. The van der Waals surface area contributed by atoms with Crippen LogP contribution in [0.5, 0.6) is 0 Å². The number of rotatable bonds is 3. The van der Waals surface area contributed by atoms with Crippen LogP contribution in [0.2, 0.25) is 0 Å². The van der Waals surface area contributed by atoms with E-state index in [9.17, 15) is 9.59 Å². The Labute approximate surface area is 164 Å². The van der Waals surface area contributed by atoms with Crippen molar-refractivity contribution in [1.82, 2.24) is 4.57 Å². The summed E-state index contributed by atoms with van der Waals surface area (Å²) in [4.78, 5) is 30.8. The Hall–Kier alpha value is -3.19. The minimum absolute atomic E-state index is 0.222. The molecule has 142 valence electrons. The van der Waals surface area contributed by atoms with Gasteiger partial charge in [0.25, 0.3) is 5.56 Å². The number of carbonyl (C=O) groups excluding carboxylic acids is 1. The molecule has 1 aliphatic heterocycles. The molecule has 1 unspecified atom stereocenters. The minimum atomic E-state index is -0.592. The second-order valence-electron chi connectivity index (χ2n) is 6.43. The van der Waals surface area contributed by atoms with E-state index in [1.807, 2.05) is 49.4 Å². The van der Waals surface area contributed by atoms with Crippen LogP contribution in [0.25, 0.3) is 6.08 Å². The average molecular weight is 394 g/mol. The molecule has 0 N–H and O–H groups in total. The molecule has 6 nitrogen and oxygen atoms in total. The van der Waals surface area contributed by atoms with E-state index in [0.717, 1.165) is 11.3 Å². The molecule has 0 spiro atoms. The minimum Gasteiger partial charge on any atom is -0.466 e. The molecule has 3 aromatic rings. The Morgan fingerprint density at radius 2 is 1.96 bits per heavy atom. The zero-order chi connectivity index (χ0) is 19.8. The smallest absolute Gasteiger partial charge is 0.338 e. The molecule has 1 atom stereocenters. The highest BCUT2D eigenvalue weighted by Gasteiger charge is 2.32. The zero-order valence-corrected chi connectivity index (χ0v) is 16.4. The van der Waals surface area contributed by atoms with Gasteiger partial charge in [0.1, 0.15) is 11.5 Å². The van der Waals surface area contributed by atoms with E-state index >= 15 is 0 Å². The highest BCUT2D eigenvalue weighted by atomic mass is 32.1. The van der Waals surface area contributed by atoms with E-state index in [1.54, 1.807) is 17.6 Å². The first-order valence-corrected chi connectivity index (χ1v) is 9.53. The predicted octanol–water partition coefficient (Wildman–Crippen LogP) is 2.31. The lowest BCUT2D eigenvalue weighted by atomic mass is 9.96. The summed E-state index contributed by atoms with van der Waals surface area (Å²) in [5.41, 5.74) is 1.50. The Kier molecular flexibility index (Phi) is 4.60. The predicted molar refractivity (Wildman–Crippen MR) is 106 cm³/mol. The molecule has 0 saturated heterocycles. The van der Waals surface area contributed by atoms with E-state index in [2.05, 4.69) is 4.99 Å². The van der Waals surface area contributed by atoms with Crippen molar-refractivity contribution in [3.63, 3.8) is 0 Å². The number of aryl methyl sites for hydroxylation is 1. The van der Waals surface area contributed by atoms with Crippen LogP contribution in [0.1, 0.15) is 30.0 Å². The molecule has 1 aromatic carbocycles. The summed E-state index contributed by atoms with van der Waals surface area (Å²) < 4.78 is 12.6. The fourth-order valence-electron chi connectivity index (χ4n) is 3.30. The summed E-state index contributed by atoms with van der Waals surface area (Å²) >= 11 is 1.27. The van der Waals surface area contributed by atoms with Gasteiger partial charge in [0.15, 0.2) is 4.80 Å². The number of furan rings is 1. The van der Waals surface area contributed by atoms with Crippen LogP contribution < -0.4 is 14.9 Å². The fourth-order valence-corrected chi connectivity index (χ4v) is 4.33. The van der Waals surface area contributed by atoms with Gasteiger partial charge in [0.2, 0.25) is 0 Å². The largest absolute Gasteiger partial charge is 0.466 e. The van der Waals surface area contributed by atoms with Crippen molar-refractivity contribution in [2.75, 3.05) is 7.11 Å². The standard InChI is InChI=1S/C21H18N2O4S/c1-12-9-10-15(27-12)11-16-19(24)23-18(14-7-5-4-6-8-14)17(20(25)26-3)13(2)22-21(23)28-16/h4-11,18H,1-3H3. The van der Waals surface area contributed by atoms with Crippen molar-refractivity contribution < 1.29 is 13.9 Å². The van der Waals surface area contributed by atoms with E-state index in [0.29, 0.717) is 26.4 Å². The van der Waals surface area contributed by atoms with Gasteiger partial charge in [-0.25, -0.2) is 9.79 Å². The van der Waals surface area contributed by atoms with Crippen molar-refractivity contribution in [3.05, 3.63) is 90.5 Å². The lowest BCUT2D eigenvalue weighted by Crippen LogP contribution is -2.39. The van der Waals surface area contributed by atoms with Gasteiger partial charge in [-0.3, -0.25) is 9.36 Å². The Morgan fingerprint density at radius 1 is 1.21 bits per heavy atom. The first kappa shape index (κ1) is 18.2. The summed E-state index contributed by atoms with van der Waals surface area (Å²) in [7, 11) is 1.33. The van der Waals surface area contributed by atoms with Crippen molar-refractivity contribution >= 4 is 23.4 Å². The van der Waals surface area contributed by atoms with Crippen LogP contribution in [-0.4, -0.2) is 17.6 Å². The number of hydrogen-bond acceptors (Lipinski definition) is 6. The Bertz CT molecular complexity index is 1260. The molecular weight excluding hydrogens is 376 g/mol. The van der Waals surface area contributed by atoms with Gasteiger partial charge in [-0.05, 0) is 31.5 Å². The highest BCUT2D eigenvalue weighted by molar-refractivity contribution is 7.07. The Morgan fingerprint density at radius 3 is 2.61 bits per heavy atom. The summed E-state index contributed by atoms with van der Waals surface area (Å²) in [6.07, 6.45) is 1.70. The van der Waals surface area contributed by atoms with E-state index in [-0.39, 0.29) is 5.56 Å². The van der Waals surface area contributed by atoms with Gasteiger partial charge in [0, 0.05) is 6.08 Å². The summed E-state index contributed by atoms with van der Waals surface area (Å²) in [6.45, 7) is 3.61. The average Bonchev–Trinajstić information content (AvgIpc) is 3.24. The number of allylic oxidation sites excluding steroid dienone is 1. The summed E-state index contributed by atoms with van der Waals surface area (Å²) in [6, 6.07) is 12.5. The Balaban J connectivity index is 1.99. The maximum atomic E-state index is 13.2. The van der Waals surface area contributed by atoms with Gasteiger partial charge in [-0.2, -0.15) is 0 Å². The molecule has 0 radical (unpaired) electrons. The van der Waals surface area contributed by atoms with Crippen LogP contribution in [0.15, 0.2) is 67.9 Å². The van der Waals surface area contributed by atoms with Crippen molar-refractivity contribution in [1.29, 1.82) is 0 Å². The van der Waals surface area contributed by atoms with Crippen molar-refractivity contribution in [3.8, 4) is 0 Å². The molecule has 0 saturated carbocycles. The number of nitrogens with zero attached hydrogens (tertiary/aromatic N) is 2. The number of esters is 1. The normalized spacial score (nSPS) is 16.7. The molecule has 0 aliphatic carbocycles. The second-order valence-corrected chi connectivity index (χ2v) is 7.44. The molecule has 4 rings (SSSR count). The summed E-state index contributed by atoms with van der Waals surface area (Å²) in [5, 5.41) is 0. The third kappa shape index (κ3) is 3.03. The monoisotopic (exact) mass is 394 g/mol. The van der Waals surface area contributed by atoms with E-state index in [4.69, 9.17) is 9.15 Å². The maximum Gasteiger partial charge on any atom is 0.338 e. The highest BCUT2D eigenvalue weighted by Crippen LogP contribution is 2.30. The number of benzene rings is 1. The SMILES string of the molecule is COC(=O)C1=C(C)N=c2sc(=Cc3ccc(C)o3)c(=O)n2C1c1ccccc1. The van der Waals surface area contributed by atoms with Crippen molar-refractivity contribution in [2.45, 2.75) is 19.9 Å². The van der Waals surface area contributed by atoms with Gasteiger partial charge in [0.05, 0.1) is 29.0 Å². The maximum absolute atomic E-state index is 13.2. The molecule has 1 aliphatic rings. The fraction of sp³-hybridized carbons (Fsp3) is 0.190. The first-order valence-electron chi connectivity index (χ1n) is 8.72. The second kappa shape index (κ2) is 7.09. The van der Waals surface area contributed by atoms with Crippen LogP contribution >= 0.6 is 11.3 Å². The molecule has 7 heteroatoms.